The summed E-state index contributed by atoms with van der Waals surface area (Å²) in [7, 11) is 3.65. The van der Waals surface area contributed by atoms with Gasteiger partial charge in [0.25, 0.3) is 0 Å². The number of nitrogens with zero attached hydrogens (tertiary/aromatic N) is 5. The number of hydrogen-bond donors (Lipinski definition) is 0. The van der Waals surface area contributed by atoms with Crippen molar-refractivity contribution in [3.63, 3.8) is 0 Å². The van der Waals surface area contributed by atoms with Crippen LogP contribution in [0.3, 0.4) is 0 Å². The Hall–Kier alpha value is -4.92. The molecule has 5 aromatic rings. The Morgan fingerprint density at radius 2 is 1.91 bits per heavy atom. The number of benzene rings is 3. The molecule has 0 unspecified atom stereocenters. The largest absolute Gasteiger partial charge is 0.476 e. The number of pyridine rings is 1. The van der Waals surface area contributed by atoms with Gasteiger partial charge in [-0.05, 0) is 119 Å². The van der Waals surface area contributed by atoms with Crippen LogP contribution < -0.4 is 9.47 Å². The molecule has 10 nitrogen and oxygen atoms in total. The van der Waals surface area contributed by atoms with Gasteiger partial charge in [0, 0.05) is 43.3 Å². The molecular weight excluding hydrogens is 673 g/mol. The normalized spacial score (nSPS) is 21.3. The first-order valence-corrected chi connectivity index (χ1v) is 18.5. The van der Waals surface area contributed by atoms with E-state index < -0.39 is 17.1 Å². The van der Waals surface area contributed by atoms with Gasteiger partial charge in [-0.2, -0.15) is 5.26 Å². The smallest absolute Gasteiger partial charge is 0.412 e. The van der Waals surface area contributed by atoms with Crippen molar-refractivity contribution in [3.8, 4) is 28.8 Å². The van der Waals surface area contributed by atoms with E-state index in [1.807, 2.05) is 80.4 Å². The van der Waals surface area contributed by atoms with E-state index in [1.54, 1.807) is 7.11 Å². The Morgan fingerprint density at radius 1 is 1.09 bits per heavy atom. The molecule has 0 radical (unpaired) electrons. The molecule has 2 bridgehead atoms. The lowest BCUT2D eigenvalue weighted by Gasteiger charge is -2.44. The van der Waals surface area contributed by atoms with Crippen molar-refractivity contribution in [2.24, 2.45) is 5.92 Å². The number of carbonyl (C=O) groups excluding carboxylic acids is 1. The standard InChI is InChI=1S/C42H46FN5O5/c1-41(2,3)53-40(49)48-23-26-21-42(48,22-26)47-17-14-32-38(47)34-19-28(11-8-15-44)35(33-20-30(52-25-50-5)18-27-10-6-7-13-31(27)33)36(43)37(34)45-39(32)51-24-29-12-9-16-46(29)4/h6-7,10,13-14,17-20,26,29H,8-9,11-12,16,21-25H2,1-5H3/t26?,29-,42?/m0/s1. The van der Waals surface area contributed by atoms with Crippen LogP contribution in [0.4, 0.5) is 9.18 Å². The molecule has 9 rings (SSSR count). The van der Waals surface area contributed by atoms with Crippen LogP contribution in [0.2, 0.25) is 0 Å². The van der Waals surface area contributed by atoms with Gasteiger partial charge < -0.3 is 28.4 Å². The van der Waals surface area contributed by atoms with Gasteiger partial charge in [0.15, 0.2) is 12.6 Å². The van der Waals surface area contributed by atoms with Crippen molar-refractivity contribution >= 4 is 38.7 Å². The average Bonchev–Trinajstić information content (AvgIpc) is 3.91. The minimum absolute atomic E-state index is 0.0373. The highest BCUT2D eigenvalue weighted by Crippen LogP contribution is 2.56. The summed E-state index contributed by atoms with van der Waals surface area (Å²) in [5.74, 6) is 0.742. The van der Waals surface area contributed by atoms with Crippen molar-refractivity contribution in [1.29, 1.82) is 5.26 Å². The third kappa shape index (κ3) is 6.12. The summed E-state index contributed by atoms with van der Waals surface area (Å²) >= 11 is 0. The molecule has 1 aliphatic carbocycles. The zero-order chi connectivity index (χ0) is 37.1. The number of halogens is 1. The molecule has 4 fully saturated rings. The summed E-state index contributed by atoms with van der Waals surface area (Å²) in [6.45, 7) is 7.67. The molecule has 3 aromatic carbocycles. The molecule has 1 amide bonds. The molecule has 0 spiro atoms. The van der Waals surface area contributed by atoms with Crippen LogP contribution in [0, 0.1) is 23.1 Å². The Kier molecular flexibility index (Phi) is 8.94. The van der Waals surface area contributed by atoms with E-state index in [9.17, 15) is 10.1 Å². The van der Waals surface area contributed by atoms with Crippen molar-refractivity contribution in [3.05, 3.63) is 66.1 Å². The fraction of sp³-hybridized carbons (Fsp3) is 0.452. The Morgan fingerprint density at radius 3 is 2.64 bits per heavy atom. The van der Waals surface area contributed by atoms with Crippen LogP contribution in [0.5, 0.6) is 11.6 Å². The molecule has 4 aliphatic rings. The maximum absolute atomic E-state index is 17.8. The van der Waals surface area contributed by atoms with Crippen molar-refractivity contribution < 1.29 is 28.1 Å². The minimum atomic E-state index is -0.669. The number of likely N-dealkylation sites (tertiary alicyclic amines) is 1. The number of ether oxygens (including phenoxy) is 4. The van der Waals surface area contributed by atoms with Crippen molar-refractivity contribution in [2.75, 3.05) is 40.6 Å². The van der Waals surface area contributed by atoms with Crippen LogP contribution in [0.15, 0.2) is 54.7 Å². The third-order valence-corrected chi connectivity index (χ3v) is 11.2. The lowest BCUT2D eigenvalue weighted by atomic mass is 9.79. The van der Waals surface area contributed by atoms with E-state index >= 15 is 4.39 Å². The van der Waals surface area contributed by atoms with Gasteiger partial charge in [-0.3, -0.25) is 4.90 Å². The second-order valence-electron chi connectivity index (χ2n) is 15.8. The number of fused-ring (bicyclic) bond motifs is 5. The Bertz CT molecular complexity index is 2270. The third-order valence-electron chi connectivity index (χ3n) is 11.2. The summed E-state index contributed by atoms with van der Waals surface area (Å²) in [6, 6.07) is 18.0. The predicted molar refractivity (Wildman–Crippen MR) is 201 cm³/mol. The summed E-state index contributed by atoms with van der Waals surface area (Å²) in [6.07, 6.45) is 5.79. The molecule has 276 valence electrons. The second-order valence-corrected chi connectivity index (χ2v) is 15.8. The van der Waals surface area contributed by atoms with Gasteiger partial charge in [0.05, 0.1) is 17.0 Å². The number of carbonyl (C=O) groups is 1. The lowest BCUT2D eigenvalue weighted by Crippen LogP contribution is -2.51. The molecule has 53 heavy (non-hydrogen) atoms. The number of aryl methyl sites for hydroxylation is 1. The molecule has 1 atom stereocenters. The molecule has 11 heteroatoms. The number of nitriles is 1. The first-order chi connectivity index (χ1) is 25.5. The summed E-state index contributed by atoms with van der Waals surface area (Å²) < 4.78 is 43.5. The average molecular weight is 720 g/mol. The summed E-state index contributed by atoms with van der Waals surface area (Å²) in [5.41, 5.74) is 1.30. The number of aromatic nitrogens is 2. The van der Waals surface area contributed by atoms with E-state index in [2.05, 4.69) is 22.6 Å². The number of likely N-dealkylation sites (N-methyl/N-ethyl adjacent to an activating group) is 1. The van der Waals surface area contributed by atoms with Crippen LogP contribution in [-0.2, 0) is 21.6 Å². The molecule has 3 saturated heterocycles. The fourth-order valence-electron chi connectivity index (χ4n) is 8.76. The molecule has 1 saturated carbocycles. The number of methoxy groups -OCH3 is 1. The fourth-order valence-corrected chi connectivity index (χ4v) is 8.76. The van der Waals surface area contributed by atoms with E-state index in [-0.39, 0.29) is 30.9 Å². The maximum Gasteiger partial charge on any atom is 0.412 e. The number of rotatable bonds is 10. The van der Waals surface area contributed by atoms with Gasteiger partial charge in [-0.15, -0.1) is 0 Å². The van der Waals surface area contributed by atoms with Crippen LogP contribution in [-0.4, -0.2) is 77.7 Å². The van der Waals surface area contributed by atoms with Crippen LogP contribution >= 0.6 is 0 Å². The molecule has 3 aliphatic heterocycles. The zero-order valence-electron chi connectivity index (χ0n) is 31.1. The SMILES string of the molecule is COCOc1cc(-c2c(CCC#N)cc3c(nc(OC[C@@H]4CCCN4C)c4ccn(C56CC(CN5C(=O)OC(C)(C)C)C6)c43)c2F)c2ccccc2c1. The van der Waals surface area contributed by atoms with Crippen molar-refractivity contribution in [1.82, 2.24) is 19.4 Å². The van der Waals surface area contributed by atoms with E-state index in [0.29, 0.717) is 59.2 Å². The van der Waals surface area contributed by atoms with Crippen molar-refractivity contribution in [2.45, 2.75) is 76.6 Å². The van der Waals surface area contributed by atoms with E-state index in [0.717, 1.165) is 53.9 Å². The Balaban J connectivity index is 1.37. The number of amides is 1. The Labute approximate surface area is 309 Å². The van der Waals surface area contributed by atoms with Gasteiger partial charge in [-0.25, -0.2) is 14.2 Å². The van der Waals surface area contributed by atoms with Crippen LogP contribution in [0.25, 0.3) is 43.7 Å². The molecule has 0 N–H and O–H groups in total. The predicted octanol–water partition coefficient (Wildman–Crippen LogP) is 8.37. The van der Waals surface area contributed by atoms with Gasteiger partial charge in [0.1, 0.15) is 29.1 Å². The van der Waals surface area contributed by atoms with Crippen LogP contribution in [0.1, 0.15) is 58.4 Å². The monoisotopic (exact) mass is 719 g/mol. The van der Waals surface area contributed by atoms with E-state index in [4.69, 9.17) is 23.9 Å². The second kappa shape index (κ2) is 13.5. The maximum atomic E-state index is 17.8. The topological polar surface area (TPSA) is 102 Å². The molecule has 2 aromatic heterocycles. The quantitative estimate of drug-likeness (QED) is 0.133. The van der Waals surface area contributed by atoms with Gasteiger partial charge in [0.2, 0.25) is 5.88 Å². The summed E-state index contributed by atoms with van der Waals surface area (Å²) in [4.78, 5) is 22.8. The highest BCUT2D eigenvalue weighted by atomic mass is 19.1. The van der Waals surface area contributed by atoms with E-state index in [1.165, 1.54) is 0 Å². The first-order valence-electron chi connectivity index (χ1n) is 18.5. The van der Waals surface area contributed by atoms with Gasteiger partial charge in [-0.1, -0.05) is 24.3 Å². The highest BCUT2D eigenvalue weighted by molar-refractivity contribution is 6.09. The lowest BCUT2D eigenvalue weighted by molar-refractivity contribution is -0.0163. The summed E-state index contributed by atoms with van der Waals surface area (Å²) in [5, 5.41) is 12.8. The highest BCUT2D eigenvalue weighted by Gasteiger charge is 2.60. The minimum Gasteiger partial charge on any atom is -0.476 e. The molecular formula is C42H46FN5O5. The first kappa shape index (κ1) is 35.1. The molecule has 5 heterocycles. The number of hydrogen-bond acceptors (Lipinski definition) is 8. The van der Waals surface area contributed by atoms with Gasteiger partial charge >= 0.3 is 6.09 Å². The zero-order valence-corrected chi connectivity index (χ0v) is 31.1.